The molecule has 0 aliphatic rings. The van der Waals surface area contributed by atoms with Gasteiger partial charge in [0.25, 0.3) is 5.91 Å². The molecule has 3 aromatic rings. The lowest BCUT2D eigenvalue weighted by atomic mass is 10.0. The molecule has 0 saturated heterocycles. The molecule has 3 aromatic carbocycles. The minimum Gasteiger partial charge on any atom is -0.483 e. The van der Waals surface area contributed by atoms with Gasteiger partial charge in [-0.1, -0.05) is 87.8 Å². The van der Waals surface area contributed by atoms with Gasteiger partial charge in [0.2, 0.25) is 5.91 Å². The molecule has 0 bridgehead atoms. The smallest absolute Gasteiger partial charge is 0.261 e. The molecule has 0 aliphatic heterocycles. The van der Waals surface area contributed by atoms with E-state index in [1.165, 1.54) is 5.56 Å². The largest absolute Gasteiger partial charge is 0.483 e. The highest BCUT2D eigenvalue weighted by atomic mass is 79.9. The third kappa shape index (κ3) is 8.88. The van der Waals surface area contributed by atoms with Crippen molar-refractivity contribution >= 4 is 39.3 Å². The molecule has 0 radical (unpaired) electrons. The van der Waals surface area contributed by atoms with Crippen molar-refractivity contribution in [3.05, 3.63) is 99.0 Å². The summed E-state index contributed by atoms with van der Waals surface area (Å²) in [4.78, 5) is 28.8. The molecule has 0 saturated carbocycles. The topological polar surface area (TPSA) is 58.6 Å². The molecule has 1 unspecified atom stereocenters. The molecule has 38 heavy (non-hydrogen) atoms. The van der Waals surface area contributed by atoms with Crippen molar-refractivity contribution in [3.63, 3.8) is 0 Å². The first-order valence-electron chi connectivity index (χ1n) is 12.9. The number of hydrogen-bond acceptors (Lipinski definition) is 3. The van der Waals surface area contributed by atoms with Crippen molar-refractivity contribution in [3.8, 4) is 5.75 Å². The van der Waals surface area contributed by atoms with Crippen LogP contribution in [0.25, 0.3) is 0 Å². The van der Waals surface area contributed by atoms with Gasteiger partial charge in [0, 0.05) is 24.5 Å². The van der Waals surface area contributed by atoms with Gasteiger partial charge in [0.15, 0.2) is 6.61 Å². The normalized spacial score (nSPS) is 11.9. The molecule has 0 fully saturated rings. The summed E-state index contributed by atoms with van der Waals surface area (Å²) in [5.74, 6) is 0.751. The predicted octanol–water partition coefficient (Wildman–Crippen LogP) is 7.02. The first-order chi connectivity index (χ1) is 18.1. The number of carbonyl (C=O) groups is 2. The average molecular weight is 600 g/mol. The molecule has 202 valence electrons. The predicted molar refractivity (Wildman–Crippen MR) is 158 cm³/mol. The van der Waals surface area contributed by atoms with Gasteiger partial charge in [-0.3, -0.25) is 9.59 Å². The number of rotatable bonds is 12. The second kappa shape index (κ2) is 14.4. The minimum atomic E-state index is -0.724. The second-order valence-electron chi connectivity index (χ2n) is 10.1. The quantitative estimate of drug-likeness (QED) is 0.243. The van der Waals surface area contributed by atoms with E-state index in [-0.39, 0.29) is 30.9 Å². The number of amides is 2. The van der Waals surface area contributed by atoms with E-state index >= 15 is 0 Å². The van der Waals surface area contributed by atoms with E-state index in [9.17, 15) is 9.59 Å². The van der Waals surface area contributed by atoms with E-state index in [4.69, 9.17) is 16.3 Å². The van der Waals surface area contributed by atoms with Crippen LogP contribution in [-0.4, -0.2) is 35.9 Å². The number of carbonyl (C=O) groups excluding carboxylic acids is 2. The van der Waals surface area contributed by atoms with Crippen molar-refractivity contribution in [1.82, 2.24) is 10.2 Å². The molecule has 1 N–H and O–H groups in total. The summed E-state index contributed by atoms with van der Waals surface area (Å²) < 4.78 is 6.74. The van der Waals surface area contributed by atoms with E-state index in [0.717, 1.165) is 15.6 Å². The Morgan fingerprint density at radius 1 is 0.947 bits per heavy atom. The molecule has 2 amide bonds. The first-order valence-corrected chi connectivity index (χ1v) is 14.1. The standard InChI is InChI=1S/C31H36BrClN2O3/c1-21(2)18-34-31(37)28(16-23-9-6-5-7-10-23)35(19-24-11-8-12-26(33)15-24)30(36)20-38-29-14-13-25(22(3)4)17-27(29)32/h5-15,17,21-22,28H,16,18-20H2,1-4H3,(H,34,37). The van der Waals surface area contributed by atoms with Crippen LogP contribution in [0.5, 0.6) is 5.75 Å². The summed E-state index contributed by atoms with van der Waals surface area (Å²) in [5.41, 5.74) is 2.97. The number of ether oxygens (including phenoxy) is 1. The number of hydrogen-bond donors (Lipinski definition) is 1. The van der Waals surface area contributed by atoms with Crippen LogP contribution >= 0.6 is 27.5 Å². The van der Waals surface area contributed by atoms with E-state index in [1.54, 1.807) is 11.0 Å². The summed E-state index contributed by atoms with van der Waals surface area (Å²) in [7, 11) is 0. The summed E-state index contributed by atoms with van der Waals surface area (Å²) in [5, 5.41) is 3.60. The van der Waals surface area contributed by atoms with E-state index in [2.05, 4.69) is 35.1 Å². The van der Waals surface area contributed by atoms with Crippen LogP contribution < -0.4 is 10.1 Å². The molecule has 0 aliphatic carbocycles. The zero-order valence-electron chi connectivity index (χ0n) is 22.4. The lowest BCUT2D eigenvalue weighted by Crippen LogP contribution is -2.52. The molecule has 3 rings (SSSR count). The fourth-order valence-corrected chi connectivity index (χ4v) is 4.75. The number of nitrogens with zero attached hydrogens (tertiary/aromatic N) is 1. The van der Waals surface area contributed by atoms with E-state index in [0.29, 0.717) is 29.7 Å². The molecule has 0 heterocycles. The molecular weight excluding hydrogens is 564 g/mol. The second-order valence-corrected chi connectivity index (χ2v) is 11.4. The summed E-state index contributed by atoms with van der Waals surface area (Å²) in [6.45, 7) is 8.86. The van der Waals surface area contributed by atoms with Gasteiger partial charge in [-0.15, -0.1) is 0 Å². The van der Waals surface area contributed by atoms with Crippen LogP contribution in [0.2, 0.25) is 5.02 Å². The van der Waals surface area contributed by atoms with Crippen molar-refractivity contribution < 1.29 is 14.3 Å². The summed E-state index contributed by atoms with van der Waals surface area (Å²) in [6.07, 6.45) is 0.379. The molecule has 7 heteroatoms. The van der Waals surface area contributed by atoms with Crippen LogP contribution in [-0.2, 0) is 22.6 Å². The highest BCUT2D eigenvalue weighted by Crippen LogP contribution is 2.29. The Morgan fingerprint density at radius 3 is 2.29 bits per heavy atom. The fourth-order valence-electron chi connectivity index (χ4n) is 4.02. The average Bonchev–Trinajstić information content (AvgIpc) is 2.89. The van der Waals surface area contributed by atoms with Crippen LogP contribution in [0.3, 0.4) is 0 Å². The van der Waals surface area contributed by atoms with Crippen LogP contribution in [0.1, 0.15) is 50.3 Å². The highest BCUT2D eigenvalue weighted by Gasteiger charge is 2.31. The van der Waals surface area contributed by atoms with Crippen molar-refractivity contribution in [2.24, 2.45) is 5.92 Å². The Morgan fingerprint density at radius 2 is 1.66 bits per heavy atom. The Kier molecular flexibility index (Phi) is 11.2. The maximum Gasteiger partial charge on any atom is 0.261 e. The Balaban J connectivity index is 1.90. The van der Waals surface area contributed by atoms with Gasteiger partial charge < -0.3 is 15.0 Å². The van der Waals surface area contributed by atoms with Crippen molar-refractivity contribution in [2.75, 3.05) is 13.2 Å². The van der Waals surface area contributed by atoms with Gasteiger partial charge in [0.1, 0.15) is 11.8 Å². The molecule has 0 spiro atoms. The van der Waals surface area contributed by atoms with E-state index < -0.39 is 6.04 Å². The van der Waals surface area contributed by atoms with Gasteiger partial charge in [0.05, 0.1) is 4.47 Å². The number of nitrogens with one attached hydrogen (secondary N) is 1. The lowest BCUT2D eigenvalue weighted by Gasteiger charge is -2.32. The van der Waals surface area contributed by atoms with Crippen LogP contribution in [0.15, 0.2) is 77.3 Å². The Bertz CT molecular complexity index is 1220. The molecular formula is C31H36BrClN2O3. The van der Waals surface area contributed by atoms with Crippen molar-refractivity contribution in [1.29, 1.82) is 0 Å². The maximum atomic E-state index is 13.7. The summed E-state index contributed by atoms with van der Waals surface area (Å²) >= 11 is 9.81. The monoisotopic (exact) mass is 598 g/mol. The number of halogens is 2. The zero-order chi connectivity index (χ0) is 27.7. The highest BCUT2D eigenvalue weighted by molar-refractivity contribution is 9.10. The minimum absolute atomic E-state index is 0.194. The van der Waals surface area contributed by atoms with Gasteiger partial charge in [-0.05, 0) is 68.7 Å². The van der Waals surface area contributed by atoms with Crippen LogP contribution in [0.4, 0.5) is 0 Å². The zero-order valence-corrected chi connectivity index (χ0v) is 24.8. The molecule has 5 nitrogen and oxygen atoms in total. The fraction of sp³-hybridized carbons (Fsp3) is 0.355. The maximum absolute atomic E-state index is 13.7. The SMILES string of the molecule is CC(C)CNC(=O)C(Cc1ccccc1)N(Cc1cccc(Cl)c1)C(=O)COc1ccc(C(C)C)cc1Br. The van der Waals surface area contributed by atoms with E-state index in [1.807, 2.05) is 80.6 Å². The molecule has 1 atom stereocenters. The van der Waals surface area contributed by atoms with Gasteiger partial charge >= 0.3 is 0 Å². The Labute approximate surface area is 239 Å². The van der Waals surface area contributed by atoms with Crippen molar-refractivity contribution in [2.45, 2.75) is 52.6 Å². The third-order valence-electron chi connectivity index (χ3n) is 6.17. The number of benzene rings is 3. The van der Waals surface area contributed by atoms with Crippen LogP contribution in [0, 0.1) is 5.92 Å². The van der Waals surface area contributed by atoms with Gasteiger partial charge in [-0.2, -0.15) is 0 Å². The third-order valence-corrected chi connectivity index (χ3v) is 7.03. The first kappa shape index (κ1) is 29.7. The summed E-state index contributed by atoms with van der Waals surface area (Å²) in [6, 6.07) is 22.2. The Hall–Kier alpha value is -2.83. The molecule has 0 aromatic heterocycles. The lowest BCUT2D eigenvalue weighted by molar-refractivity contribution is -0.142. The van der Waals surface area contributed by atoms with Gasteiger partial charge in [-0.25, -0.2) is 0 Å².